The molecule has 0 fully saturated rings. The lowest BCUT2D eigenvalue weighted by Crippen LogP contribution is -2.16. The molecule has 0 spiro atoms. The second-order valence-corrected chi connectivity index (χ2v) is 10.00. The van der Waals surface area contributed by atoms with E-state index in [1.807, 2.05) is 0 Å². The average Bonchev–Trinajstić information content (AvgIpc) is 2.72. The highest BCUT2D eigenvalue weighted by Crippen LogP contribution is 2.43. The van der Waals surface area contributed by atoms with Gasteiger partial charge in [-0.3, -0.25) is 9.05 Å². The lowest BCUT2D eigenvalue weighted by Gasteiger charge is -2.12. The molecule has 0 rings (SSSR count). The second kappa shape index (κ2) is 23.7. The van der Waals surface area contributed by atoms with E-state index in [-0.39, 0.29) is 0 Å². The number of hydrogen-bond acceptors (Lipinski definition) is 4. The molecular formula is C24H52NO4P. The van der Waals surface area contributed by atoms with Crippen molar-refractivity contribution in [2.45, 2.75) is 129 Å². The van der Waals surface area contributed by atoms with Crippen molar-refractivity contribution in [1.29, 1.82) is 0 Å². The van der Waals surface area contributed by atoms with Crippen LogP contribution in [0.15, 0.2) is 0 Å². The molecular weight excluding hydrogens is 397 g/mol. The largest absolute Gasteiger partial charge is 0.472 e. The van der Waals surface area contributed by atoms with Crippen LogP contribution in [0.1, 0.15) is 129 Å². The quantitative estimate of drug-likeness (QED) is 0.110. The van der Waals surface area contributed by atoms with Gasteiger partial charge in [0, 0.05) is 0 Å². The molecule has 2 N–H and O–H groups in total. The van der Waals surface area contributed by atoms with E-state index in [0.717, 1.165) is 45.2 Å². The van der Waals surface area contributed by atoms with Crippen molar-refractivity contribution >= 4 is 7.82 Å². The van der Waals surface area contributed by atoms with Crippen LogP contribution in [0.25, 0.3) is 0 Å². The third-order valence-corrected chi connectivity index (χ3v) is 6.48. The lowest BCUT2D eigenvalue weighted by atomic mass is 10.1. The zero-order chi connectivity index (χ0) is 22.2. The van der Waals surface area contributed by atoms with E-state index in [9.17, 15) is 9.46 Å². The van der Waals surface area contributed by atoms with Crippen LogP contribution < -0.4 is 5.32 Å². The van der Waals surface area contributed by atoms with Gasteiger partial charge in [0.15, 0.2) is 0 Å². The molecule has 0 heterocycles. The molecule has 0 saturated carbocycles. The van der Waals surface area contributed by atoms with E-state index in [4.69, 9.17) is 9.05 Å². The third-order valence-electron chi connectivity index (χ3n) is 5.46. The van der Waals surface area contributed by atoms with E-state index in [2.05, 4.69) is 19.2 Å². The van der Waals surface area contributed by atoms with E-state index >= 15 is 0 Å². The Hall–Kier alpha value is 0.0700. The van der Waals surface area contributed by atoms with Crippen LogP contribution in [-0.4, -0.2) is 31.2 Å². The first-order valence-electron chi connectivity index (χ1n) is 12.9. The Bertz CT molecular complexity index is 382. The number of hydrogen-bond donors (Lipinski definition) is 2. The molecule has 0 aromatic heterocycles. The van der Waals surface area contributed by atoms with Gasteiger partial charge in [-0.15, -0.1) is 0 Å². The summed E-state index contributed by atoms with van der Waals surface area (Å²) in [5.74, 6) is 0. The van der Waals surface area contributed by atoms with Crippen molar-refractivity contribution in [2.75, 3.05) is 26.3 Å². The summed E-state index contributed by atoms with van der Waals surface area (Å²) in [6.45, 7) is 7.20. The Morgan fingerprint density at radius 1 is 0.567 bits per heavy atom. The molecule has 182 valence electrons. The summed E-state index contributed by atoms with van der Waals surface area (Å²) in [5, 5.41) is 3.48. The van der Waals surface area contributed by atoms with Gasteiger partial charge in [-0.1, -0.05) is 97.3 Å². The summed E-state index contributed by atoms with van der Waals surface area (Å²) in [7, 11) is -3.86. The van der Waals surface area contributed by atoms with Gasteiger partial charge in [0.25, 0.3) is 0 Å². The van der Waals surface area contributed by atoms with E-state index < -0.39 is 7.82 Å². The third kappa shape index (κ3) is 24.3. The van der Waals surface area contributed by atoms with Gasteiger partial charge in [-0.2, -0.15) is 0 Å². The fourth-order valence-corrected chi connectivity index (χ4v) is 4.29. The highest BCUT2D eigenvalue weighted by Gasteiger charge is 2.19. The standard InChI is InChI=1S/C24H52NO4P/c1-3-5-7-9-11-13-15-19-23-28-30(26,27)29-24-20-16-18-22-25-21-17-14-12-10-8-6-4-2/h25H,3-24H2,1-2H3,(H,26,27). The van der Waals surface area contributed by atoms with Crippen LogP contribution in [0, 0.1) is 0 Å². The van der Waals surface area contributed by atoms with E-state index in [0.29, 0.717) is 13.2 Å². The fraction of sp³-hybridized carbons (Fsp3) is 1.00. The first-order valence-corrected chi connectivity index (χ1v) is 14.4. The summed E-state index contributed by atoms with van der Waals surface area (Å²) >= 11 is 0. The molecule has 0 aliphatic carbocycles. The molecule has 0 aliphatic heterocycles. The number of phosphoric ester groups is 1. The molecule has 0 radical (unpaired) electrons. The first-order chi connectivity index (χ1) is 14.6. The van der Waals surface area contributed by atoms with E-state index in [1.54, 1.807) is 0 Å². The maximum absolute atomic E-state index is 11.8. The maximum atomic E-state index is 11.8. The Labute approximate surface area is 187 Å². The summed E-state index contributed by atoms with van der Waals surface area (Å²) in [6, 6.07) is 0. The van der Waals surface area contributed by atoms with Crippen LogP contribution in [0.3, 0.4) is 0 Å². The minimum atomic E-state index is -3.86. The minimum Gasteiger partial charge on any atom is -0.317 e. The highest BCUT2D eigenvalue weighted by atomic mass is 31.2. The van der Waals surface area contributed by atoms with Crippen molar-refractivity contribution in [3.05, 3.63) is 0 Å². The highest BCUT2D eigenvalue weighted by molar-refractivity contribution is 7.47. The Morgan fingerprint density at radius 3 is 1.33 bits per heavy atom. The molecule has 0 aromatic carbocycles. The molecule has 0 bridgehead atoms. The van der Waals surface area contributed by atoms with E-state index in [1.165, 1.54) is 83.5 Å². The summed E-state index contributed by atoms with van der Waals surface area (Å²) in [4.78, 5) is 9.70. The van der Waals surface area contributed by atoms with Crippen LogP contribution in [-0.2, 0) is 13.6 Å². The summed E-state index contributed by atoms with van der Waals surface area (Å²) in [6.07, 6.45) is 21.8. The Balaban J connectivity index is 3.29. The molecule has 0 aliphatic rings. The first kappa shape index (κ1) is 30.1. The molecule has 30 heavy (non-hydrogen) atoms. The fourth-order valence-electron chi connectivity index (χ4n) is 3.49. The summed E-state index contributed by atoms with van der Waals surface area (Å²) in [5.41, 5.74) is 0. The van der Waals surface area contributed by atoms with Gasteiger partial charge < -0.3 is 10.2 Å². The van der Waals surface area contributed by atoms with Crippen molar-refractivity contribution in [1.82, 2.24) is 5.32 Å². The van der Waals surface area contributed by atoms with Crippen LogP contribution in [0.5, 0.6) is 0 Å². The van der Waals surface area contributed by atoms with Gasteiger partial charge >= 0.3 is 7.82 Å². The minimum absolute atomic E-state index is 0.295. The lowest BCUT2D eigenvalue weighted by molar-refractivity contribution is 0.145. The Kier molecular flexibility index (Phi) is 23.8. The van der Waals surface area contributed by atoms with Crippen molar-refractivity contribution in [2.24, 2.45) is 0 Å². The molecule has 0 aromatic rings. The number of unbranched alkanes of at least 4 members (excludes halogenated alkanes) is 15. The number of rotatable bonds is 25. The zero-order valence-corrected chi connectivity index (χ0v) is 21.1. The molecule has 0 saturated heterocycles. The predicted octanol–water partition coefficient (Wildman–Crippen LogP) is 7.77. The van der Waals surface area contributed by atoms with Gasteiger partial charge in [-0.05, 0) is 45.2 Å². The SMILES string of the molecule is CCCCCCCCCCOP(=O)(O)OCCCCCNCCCCCCCCC. The number of nitrogens with one attached hydrogen (secondary N) is 1. The van der Waals surface area contributed by atoms with Gasteiger partial charge in [0.05, 0.1) is 13.2 Å². The van der Waals surface area contributed by atoms with Crippen molar-refractivity contribution in [3.8, 4) is 0 Å². The molecule has 1 unspecified atom stereocenters. The van der Waals surface area contributed by atoms with Gasteiger partial charge in [0.2, 0.25) is 0 Å². The van der Waals surface area contributed by atoms with Crippen molar-refractivity contribution < 1.29 is 18.5 Å². The molecule has 6 heteroatoms. The monoisotopic (exact) mass is 449 g/mol. The predicted molar refractivity (Wildman–Crippen MR) is 129 cm³/mol. The average molecular weight is 450 g/mol. The normalized spacial score (nSPS) is 13.6. The van der Waals surface area contributed by atoms with Gasteiger partial charge in [0.1, 0.15) is 0 Å². The topological polar surface area (TPSA) is 67.8 Å². The molecule has 5 nitrogen and oxygen atoms in total. The number of phosphoric acid groups is 1. The summed E-state index contributed by atoms with van der Waals surface area (Å²) < 4.78 is 22.0. The van der Waals surface area contributed by atoms with Crippen LogP contribution in [0.4, 0.5) is 0 Å². The zero-order valence-electron chi connectivity index (χ0n) is 20.2. The van der Waals surface area contributed by atoms with Crippen LogP contribution in [0.2, 0.25) is 0 Å². The molecule has 1 atom stereocenters. The van der Waals surface area contributed by atoms with Crippen LogP contribution >= 0.6 is 7.82 Å². The Morgan fingerprint density at radius 2 is 0.900 bits per heavy atom. The van der Waals surface area contributed by atoms with Crippen molar-refractivity contribution in [3.63, 3.8) is 0 Å². The second-order valence-electron chi connectivity index (χ2n) is 8.54. The smallest absolute Gasteiger partial charge is 0.317 e. The maximum Gasteiger partial charge on any atom is 0.472 e. The van der Waals surface area contributed by atoms with Gasteiger partial charge in [-0.25, -0.2) is 4.57 Å². The molecule has 0 amide bonds.